The molecule has 0 aliphatic carbocycles. The van der Waals surface area contributed by atoms with E-state index in [1.165, 1.54) is 12.4 Å². The minimum Gasteiger partial charge on any atom is -0.260 e. The zero-order valence-corrected chi connectivity index (χ0v) is 8.82. The Morgan fingerprint density at radius 3 is 2.54 bits per heavy atom. The molecule has 0 spiro atoms. The van der Waals surface area contributed by atoms with Crippen LogP contribution in [0.15, 0.2) is 12.4 Å². The van der Waals surface area contributed by atoms with E-state index in [-0.39, 0.29) is 11.2 Å². The summed E-state index contributed by atoms with van der Waals surface area (Å²) in [5.74, 6) is -0.320. The molecule has 0 saturated carbocycles. The highest BCUT2D eigenvalue weighted by Crippen LogP contribution is 2.33. The Kier molecular flexibility index (Phi) is 2.91. The number of hydrogen-bond donors (Lipinski definition) is 0. The molecule has 0 amide bonds. The van der Waals surface area contributed by atoms with Crippen molar-refractivity contribution in [1.82, 2.24) is 4.98 Å². The average molecular weight is 202 g/mol. The van der Waals surface area contributed by atoms with Gasteiger partial charge in [-0.1, -0.05) is 32.4 Å². The summed E-state index contributed by atoms with van der Waals surface area (Å²) in [7, 11) is 0. The predicted octanol–water partition coefficient (Wildman–Crippen LogP) is 3.56. The zero-order valence-electron chi connectivity index (χ0n) is 8.06. The van der Waals surface area contributed by atoms with E-state index < -0.39 is 0 Å². The van der Waals surface area contributed by atoms with Crippen LogP contribution >= 0.6 is 11.6 Å². The summed E-state index contributed by atoms with van der Waals surface area (Å²) in [5.41, 5.74) is 0.330. The lowest BCUT2D eigenvalue weighted by Gasteiger charge is -2.24. The summed E-state index contributed by atoms with van der Waals surface area (Å²) in [5, 5.41) is 0.409. The molecule has 0 fully saturated rings. The van der Waals surface area contributed by atoms with Gasteiger partial charge in [-0.3, -0.25) is 4.98 Å². The molecular formula is C10H13ClFN. The van der Waals surface area contributed by atoms with Crippen molar-refractivity contribution in [2.45, 2.75) is 32.6 Å². The Morgan fingerprint density at radius 2 is 2.08 bits per heavy atom. The number of nitrogens with zero attached hydrogens (tertiary/aromatic N) is 1. The van der Waals surface area contributed by atoms with Gasteiger partial charge < -0.3 is 0 Å². The number of aromatic nitrogens is 1. The lowest BCUT2D eigenvalue weighted by atomic mass is 9.82. The van der Waals surface area contributed by atoms with Gasteiger partial charge in [0, 0.05) is 11.8 Å². The van der Waals surface area contributed by atoms with Crippen LogP contribution in [0.4, 0.5) is 4.39 Å². The number of pyridine rings is 1. The van der Waals surface area contributed by atoms with Crippen LogP contribution in [0, 0.1) is 5.82 Å². The van der Waals surface area contributed by atoms with Gasteiger partial charge in [0.25, 0.3) is 0 Å². The molecule has 0 bridgehead atoms. The molecule has 0 aliphatic heterocycles. The van der Waals surface area contributed by atoms with Crippen LogP contribution in [0.1, 0.15) is 32.8 Å². The van der Waals surface area contributed by atoms with Gasteiger partial charge in [-0.05, 0) is 11.8 Å². The quantitative estimate of drug-likeness (QED) is 0.713. The van der Waals surface area contributed by atoms with Crippen molar-refractivity contribution in [3.63, 3.8) is 0 Å². The molecule has 3 heteroatoms. The highest BCUT2D eigenvalue weighted by molar-refractivity contribution is 6.31. The third-order valence-electron chi connectivity index (χ3n) is 2.41. The van der Waals surface area contributed by atoms with E-state index in [4.69, 9.17) is 11.6 Å². The smallest absolute Gasteiger partial charge is 0.146 e. The van der Waals surface area contributed by atoms with Crippen molar-refractivity contribution in [2.24, 2.45) is 0 Å². The van der Waals surface area contributed by atoms with Gasteiger partial charge in [0.05, 0.1) is 11.2 Å². The highest BCUT2D eigenvalue weighted by atomic mass is 35.5. The Bertz CT molecular complexity index is 290. The fraction of sp³-hybridized carbons (Fsp3) is 0.500. The van der Waals surface area contributed by atoms with Crippen LogP contribution in [0.5, 0.6) is 0 Å². The fourth-order valence-electron chi connectivity index (χ4n) is 1.23. The molecule has 0 N–H and O–H groups in total. The van der Waals surface area contributed by atoms with Crippen molar-refractivity contribution in [3.8, 4) is 0 Å². The summed E-state index contributed by atoms with van der Waals surface area (Å²) < 4.78 is 13.4. The second-order valence-corrected chi connectivity index (χ2v) is 4.12. The molecule has 1 aromatic heterocycles. The summed E-state index contributed by atoms with van der Waals surface area (Å²) in [6.07, 6.45) is 3.53. The van der Waals surface area contributed by atoms with Crippen LogP contribution in [-0.4, -0.2) is 4.98 Å². The van der Waals surface area contributed by atoms with Gasteiger partial charge in [0.1, 0.15) is 5.82 Å². The minimum atomic E-state index is -0.320. The first-order chi connectivity index (χ1) is 5.99. The molecule has 0 saturated heterocycles. The van der Waals surface area contributed by atoms with Gasteiger partial charge in [0.15, 0.2) is 0 Å². The van der Waals surface area contributed by atoms with Crippen LogP contribution in [-0.2, 0) is 5.41 Å². The maximum absolute atomic E-state index is 13.4. The van der Waals surface area contributed by atoms with Gasteiger partial charge in [-0.2, -0.15) is 0 Å². The molecule has 0 atom stereocenters. The largest absolute Gasteiger partial charge is 0.260 e. The maximum Gasteiger partial charge on any atom is 0.146 e. The number of hydrogen-bond acceptors (Lipinski definition) is 1. The first-order valence-electron chi connectivity index (χ1n) is 4.28. The monoisotopic (exact) mass is 201 g/mol. The average Bonchev–Trinajstić information content (AvgIpc) is 2.03. The molecule has 1 nitrogen and oxygen atoms in total. The Morgan fingerprint density at radius 1 is 1.46 bits per heavy atom. The van der Waals surface area contributed by atoms with Gasteiger partial charge in [-0.25, -0.2) is 4.39 Å². The molecule has 0 aromatic carbocycles. The van der Waals surface area contributed by atoms with Crippen molar-refractivity contribution < 1.29 is 4.39 Å². The molecule has 0 radical (unpaired) electrons. The van der Waals surface area contributed by atoms with Crippen LogP contribution in [0.25, 0.3) is 0 Å². The molecule has 0 unspecified atom stereocenters. The lowest BCUT2D eigenvalue weighted by molar-refractivity contribution is 0.467. The first kappa shape index (κ1) is 10.5. The second kappa shape index (κ2) is 3.62. The van der Waals surface area contributed by atoms with E-state index in [2.05, 4.69) is 4.98 Å². The van der Waals surface area contributed by atoms with Crippen LogP contribution < -0.4 is 0 Å². The number of rotatable bonds is 2. The molecular weight excluding hydrogens is 189 g/mol. The van der Waals surface area contributed by atoms with Gasteiger partial charge in [0.2, 0.25) is 0 Å². The molecule has 1 aromatic rings. The van der Waals surface area contributed by atoms with Gasteiger partial charge in [-0.15, -0.1) is 0 Å². The van der Waals surface area contributed by atoms with Crippen molar-refractivity contribution in [3.05, 3.63) is 28.8 Å². The van der Waals surface area contributed by atoms with Gasteiger partial charge >= 0.3 is 0 Å². The number of halogens is 2. The second-order valence-electron chi connectivity index (χ2n) is 3.72. The molecule has 0 aliphatic rings. The summed E-state index contributed by atoms with van der Waals surface area (Å²) in [6.45, 7) is 5.95. The van der Waals surface area contributed by atoms with Crippen molar-refractivity contribution in [2.75, 3.05) is 0 Å². The molecule has 1 rings (SSSR count). The van der Waals surface area contributed by atoms with E-state index >= 15 is 0 Å². The summed E-state index contributed by atoms with van der Waals surface area (Å²) in [6, 6.07) is 0. The molecule has 1 heterocycles. The zero-order chi connectivity index (χ0) is 10.1. The SMILES string of the molecule is CCC(C)(C)c1c(F)cncc1Cl. The third-order valence-corrected chi connectivity index (χ3v) is 2.70. The van der Waals surface area contributed by atoms with E-state index in [9.17, 15) is 4.39 Å². The highest BCUT2D eigenvalue weighted by Gasteiger charge is 2.24. The normalized spacial score (nSPS) is 11.8. The van der Waals surface area contributed by atoms with E-state index in [0.717, 1.165) is 6.42 Å². The Labute approximate surface area is 82.9 Å². The van der Waals surface area contributed by atoms with E-state index in [1.54, 1.807) is 0 Å². The minimum absolute atomic E-state index is 0.232. The lowest BCUT2D eigenvalue weighted by Crippen LogP contribution is -2.18. The maximum atomic E-state index is 13.4. The molecule has 13 heavy (non-hydrogen) atoms. The first-order valence-corrected chi connectivity index (χ1v) is 4.66. The van der Waals surface area contributed by atoms with E-state index in [1.807, 2.05) is 20.8 Å². The Balaban J connectivity index is 3.28. The van der Waals surface area contributed by atoms with Crippen molar-refractivity contribution >= 4 is 11.6 Å². The topological polar surface area (TPSA) is 12.9 Å². The standard InChI is InChI=1S/C10H13ClFN/c1-4-10(2,3)9-7(11)5-13-6-8(9)12/h5-6H,4H2,1-3H3. The molecule has 72 valence electrons. The van der Waals surface area contributed by atoms with Crippen LogP contribution in [0.2, 0.25) is 5.02 Å². The Hall–Kier alpha value is -0.630. The van der Waals surface area contributed by atoms with E-state index in [0.29, 0.717) is 10.6 Å². The van der Waals surface area contributed by atoms with Crippen molar-refractivity contribution in [1.29, 1.82) is 0 Å². The predicted molar refractivity (Wildman–Crippen MR) is 52.5 cm³/mol. The summed E-state index contributed by atoms with van der Waals surface area (Å²) in [4.78, 5) is 3.69. The van der Waals surface area contributed by atoms with Crippen LogP contribution in [0.3, 0.4) is 0 Å². The fourth-order valence-corrected chi connectivity index (χ4v) is 1.64. The summed E-state index contributed by atoms with van der Waals surface area (Å²) >= 11 is 5.89. The third kappa shape index (κ3) is 1.99.